The Hall–Kier alpha value is -1.93. The van der Waals surface area contributed by atoms with Gasteiger partial charge in [-0.05, 0) is 12.8 Å². The van der Waals surface area contributed by atoms with Crippen LogP contribution in [0.2, 0.25) is 0 Å². The average molecular weight is 336 g/mol. The Bertz CT molecular complexity index is 569. The molecule has 1 aromatic heterocycles. The Balaban J connectivity index is 1.59. The molecular formula is C16H24N4O4. The molecule has 2 aliphatic heterocycles. The highest BCUT2D eigenvalue weighted by molar-refractivity contribution is 5.91. The van der Waals surface area contributed by atoms with Crippen LogP contribution in [0.15, 0.2) is 17.0 Å². The van der Waals surface area contributed by atoms with Crippen molar-refractivity contribution in [1.29, 1.82) is 0 Å². The molecule has 0 radical (unpaired) electrons. The summed E-state index contributed by atoms with van der Waals surface area (Å²) in [5.74, 6) is 0.152. The van der Waals surface area contributed by atoms with Crippen molar-refractivity contribution in [2.45, 2.75) is 31.9 Å². The maximum absolute atomic E-state index is 12.4. The Kier molecular flexibility index (Phi) is 5.15. The van der Waals surface area contributed by atoms with Gasteiger partial charge >= 0.3 is 0 Å². The first-order valence-electron chi connectivity index (χ1n) is 8.41. The van der Waals surface area contributed by atoms with Crippen molar-refractivity contribution >= 4 is 11.8 Å². The van der Waals surface area contributed by atoms with Crippen molar-refractivity contribution in [3.63, 3.8) is 0 Å². The molecule has 24 heavy (non-hydrogen) atoms. The summed E-state index contributed by atoms with van der Waals surface area (Å²) in [5, 5.41) is 10.5. The van der Waals surface area contributed by atoms with Crippen LogP contribution in [-0.2, 0) is 4.79 Å². The van der Waals surface area contributed by atoms with Gasteiger partial charge in [-0.3, -0.25) is 14.5 Å². The number of hydrogen-bond donors (Lipinski definition) is 1. The van der Waals surface area contributed by atoms with Crippen LogP contribution >= 0.6 is 0 Å². The minimum Gasteiger partial charge on any atom is -0.438 e. The van der Waals surface area contributed by atoms with Crippen LogP contribution in [0.3, 0.4) is 0 Å². The number of piperazine rings is 1. The van der Waals surface area contributed by atoms with Gasteiger partial charge in [0.05, 0.1) is 12.3 Å². The predicted octanol–water partition coefficient (Wildman–Crippen LogP) is -0.196. The third-order valence-corrected chi connectivity index (χ3v) is 4.99. The van der Waals surface area contributed by atoms with Crippen molar-refractivity contribution < 1.29 is 19.1 Å². The lowest BCUT2D eigenvalue weighted by molar-refractivity contribution is -0.131. The fourth-order valence-corrected chi connectivity index (χ4v) is 3.55. The van der Waals surface area contributed by atoms with E-state index in [1.807, 2.05) is 4.90 Å². The predicted molar refractivity (Wildman–Crippen MR) is 85.3 cm³/mol. The molecule has 132 valence electrons. The summed E-state index contributed by atoms with van der Waals surface area (Å²) >= 11 is 0. The zero-order chi connectivity index (χ0) is 17.1. The fraction of sp³-hybridized carbons (Fsp3) is 0.688. The van der Waals surface area contributed by atoms with E-state index in [2.05, 4.69) is 9.88 Å². The highest BCUT2D eigenvalue weighted by atomic mass is 16.3. The molecule has 0 spiro atoms. The maximum Gasteiger partial charge on any atom is 0.291 e. The van der Waals surface area contributed by atoms with Crippen molar-refractivity contribution in [2.24, 2.45) is 0 Å². The van der Waals surface area contributed by atoms with E-state index in [-0.39, 0.29) is 23.6 Å². The normalized spacial score (nSPS) is 26.2. The second-order valence-corrected chi connectivity index (χ2v) is 6.41. The number of carbonyl (C=O) groups excluding carboxylic acids is 2. The third kappa shape index (κ3) is 3.59. The first-order chi connectivity index (χ1) is 11.6. The second-order valence-electron chi connectivity index (χ2n) is 6.41. The lowest BCUT2D eigenvalue weighted by Gasteiger charge is -2.40. The van der Waals surface area contributed by atoms with Gasteiger partial charge in [-0.2, -0.15) is 0 Å². The molecule has 8 nitrogen and oxygen atoms in total. The van der Waals surface area contributed by atoms with E-state index in [1.165, 1.54) is 12.6 Å². The minimum atomic E-state index is -0.471. The van der Waals surface area contributed by atoms with Gasteiger partial charge in [-0.15, -0.1) is 0 Å². The molecule has 2 amide bonds. The molecular weight excluding hydrogens is 312 g/mol. The zero-order valence-corrected chi connectivity index (χ0v) is 13.9. The van der Waals surface area contributed by atoms with Crippen LogP contribution in [0.5, 0.6) is 0 Å². The van der Waals surface area contributed by atoms with E-state index in [4.69, 9.17) is 4.42 Å². The first kappa shape index (κ1) is 16.9. The number of likely N-dealkylation sites (tertiary alicyclic amines) is 1. The van der Waals surface area contributed by atoms with Crippen LogP contribution < -0.4 is 0 Å². The number of carbonyl (C=O) groups is 2. The summed E-state index contributed by atoms with van der Waals surface area (Å²) in [5.41, 5.74) is 0. The molecule has 2 aliphatic rings. The number of aromatic nitrogens is 1. The summed E-state index contributed by atoms with van der Waals surface area (Å²) in [7, 11) is 0. The number of aliphatic hydroxyl groups excluding tert-OH is 1. The number of rotatable bonds is 2. The van der Waals surface area contributed by atoms with Gasteiger partial charge in [-0.25, -0.2) is 4.98 Å². The fourth-order valence-electron chi connectivity index (χ4n) is 3.55. The minimum absolute atomic E-state index is 0.0200. The summed E-state index contributed by atoms with van der Waals surface area (Å²) in [6, 6.07) is 0.0200. The summed E-state index contributed by atoms with van der Waals surface area (Å²) in [6.07, 6.45) is 3.44. The lowest BCUT2D eigenvalue weighted by Crippen LogP contribution is -2.54. The van der Waals surface area contributed by atoms with Crippen molar-refractivity contribution in [3.05, 3.63) is 18.4 Å². The topological polar surface area (TPSA) is 90.1 Å². The molecule has 8 heteroatoms. The Labute approximate surface area is 141 Å². The number of aliphatic hydroxyl groups is 1. The number of hydrogen-bond acceptors (Lipinski definition) is 6. The van der Waals surface area contributed by atoms with Crippen LogP contribution in [0.4, 0.5) is 0 Å². The first-order valence-corrected chi connectivity index (χ1v) is 8.41. The van der Waals surface area contributed by atoms with E-state index in [0.717, 1.165) is 13.1 Å². The Morgan fingerprint density at radius 3 is 2.46 bits per heavy atom. The van der Waals surface area contributed by atoms with Crippen molar-refractivity contribution in [1.82, 2.24) is 19.7 Å². The molecule has 0 aliphatic carbocycles. The zero-order valence-electron chi connectivity index (χ0n) is 13.9. The van der Waals surface area contributed by atoms with Gasteiger partial charge in [-0.1, -0.05) is 0 Å². The SMILES string of the molecule is CC(=O)N1CCN([C@H]2CCN(C(=O)c3cnco3)CC[C@@H]2O)CC1. The highest BCUT2D eigenvalue weighted by Crippen LogP contribution is 2.20. The standard InChI is InChI=1S/C16H24N4O4/c1-12(21)18-6-8-19(9-7-18)13-2-4-20(5-3-14(13)22)16(23)15-10-17-11-24-15/h10-11,13-14,22H,2-9H2,1H3/t13-,14-/m0/s1. The van der Waals surface area contributed by atoms with E-state index in [0.29, 0.717) is 39.0 Å². The molecule has 2 saturated heterocycles. The van der Waals surface area contributed by atoms with E-state index in [1.54, 1.807) is 11.8 Å². The Morgan fingerprint density at radius 2 is 1.83 bits per heavy atom. The molecule has 2 atom stereocenters. The molecule has 1 N–H and O–H groups in total. The van der Waals surface area contributed by atoms with E-state index >= 15 is 0 Å². The smallest absolute Gasteiger partial charge is 0.291 e. The second kappa shape index (κ2) is 7.31. The van der Waals surface area contributed by atoms with Crippen LogP contribution in [0.25, 0.3) is 0 Å². The van der Waals surface area contributed by atoms with Gasteiger partial charge in [0.2, 0.25) is 11.7 Å². The molecule has 0 unspecified atom stereocenters. The van der Waals surface area contributed by atoms with Crippen molar-refractivity contribution in [3.8, 4) is 0 Å². The Morgan fingerprint density at radius 1 is 1.12 bits per heavy atom. The average Bonchev–Trinajstić information content (AvgIpc) is 3.05. The van der Waals surface area contributed by atoms with Crippen molar-refractivity contribution in [2.75, 3.05) is 39.3 Å². The maximum atomic E-state index is 12.4. The summed E-state index contributed by atoms with van der Waals surface area (Å²) in [4.78, 5) is 33.4. The van der Waals surface area contributed by atoms with Gasteiger partial charge < -0.3 is 19.3 Å². The van der Waals surface area contributed by atoms with Gasteiger partial charge in [0, 0.05) is 52.2 Å². The molecule has 0 saturated carbocycles. The molecule has 3 heterocycles. The number of amides is 2. The largest absolute Gasteiger partial charge is 0.438 e. The van der Waals surface area contributed by atoms with Crippen LogP contribution in [-0.4, -0.2) is 88.0 Å². The van der Waals surface area contributed by atoms with Gasteiger partial charge in [0.1, 0.15) is 0 Å². The van der Waals surface area contributed by atoms with E-state index < -0.39 is 6.10 Å². The lowest BCUT2D eigenvalue weighted by atomic mass is 10.0. The quantitative estimate of drug-likeness (QED) is 0.805. The monoisotopic (exact) mass is 336 g/mol. The highest BCUT2D eigenvalue weighted by Gasteiger charge is 2.33. The van der Waals surface area contributed by atoms with Crippen LogP contribution in [0.1, 0.15) is 30.3 Å². The molecule has 0 bridgehead atoms. The number of nitrogens with zero attached hydrogens (tertiary/aromatic N) is 4. The molecule has 0 aromatic carbocycles. The van der Waals surface area contributed by atoms with E-state index in [9.17, 15) is 14.7 Å². The van der Waals surface area contributed by atoms with Crippen LogP contribution in [0, 0.1) is 0 Å². The van der Waals surface area contributed by atoms with Gasteiger partial charge in [0.25, 0.3) is 5.91 Å². The van der Waals surface area contributed by atoms with Gasteiger partial charge in [0.15, 0.2) is 6.39 Å². The third-order valence-electron chi connectivity index (χ3n) is 4.99. The molecule has 2 fully saturated rings. The summed E-state index contributed by atoms with van der Waals surface area (Å²) in [6.45, 7) is 5.58. The molecule has 3 rings (SSSR count). The number of oxazole rings is 1. The molecule has 1 aromatic rings. The summed E-state index contributed by atoms with van der Waals surface area (Å²) < 4.78 is 5.08.